The van der Waals surface area contributed by atoms with E-state index in [-0.39, 0.29) is 11.0 Å². The zero-order valence-corrected chi connectivity index (χ0v) is 11.4. The monoisotopic (exact) mass is 283 g/mol. The number of hydrogen-bond acceptors (Lipinski definition) is 3. The minimum absolute atomic E-state index is 0.0273. The van der Waals surface area contributed by atoms with Crippen LogP contribution >= 0.6 is 15.9 Å². The van der Waals surface area contributed by atoms with Gasteiger partial charge in [0, 0.05) is 11.1 Å². The largest absolute Gasteiger partial charge is 0.270 e. The standard InChI is InChI=1S/C11H14BrN3O/c1-6-8(12)9(16)15-5-7(11(2,3)4)14-10(15)13-6/h5H2,1-4H3. The van der Waals surface area contributed by atoms with Crippen LogP contribution in [0.1, 0.15) is 26.5 Å². The second kappa shape index (κ2) is 3.52. The maximum atomic E-state index is 12.0. The molecule has 0 aromatic carbocycles. The van der Waals surface area contributed by atoms with Crippen molar-refractivity contribution in [3.8, 4) is 0 Å². The number of hydrogen-bond donors (Lipinski definition) is 0. The Morgan fingerprint density at radius 1 is 1.38 bits per heavy atom. The van der Waals surface area contributed by atoms with Gasteiger partial charge in [-0.05, 0) is 22.9 Å². The summed E-state index contributed by atoms with van der Waals surface area (Å²) in [5.41, 5.74) is 1.61. The zero-order chi connectivity index (χ0) is 12.1. The summed E-state index contributed by atoms with van der Waals surface area (Å²) in [7, 11) is 0. The fraction of sp³-hybridized carbons (Fsp3) is 0.545. The van der Waals surface area contributed by atoms with Crippen molar-refractivity contribution in [2.24, 2.45) is 10.4 Å². The first-order valence-corrected chi connectivity index (χ1v) is 5.95. The molecule has 1 aliphatic rings. The van der Waals surface area contributed by atoms with Crippen molar-refractivity contribution < 1.29 is 0 Å². The van der Waals surface area contributed by atoms with E-state index in [9.17, 15) is 4.79 Å². The number of nitrogens with zero attached hydrogens (tertiary/aromatic N) is 3. The molecule has 0 fully saturated rings. The van der Waals surface area contributed by atoms with Crippen LogP contribution in [0.15, 0.2) is 14.3 Å². The van der Waals surface area contributed by atoms with Gasteiger partial charge in [0.2, 0.25) is 5.95 Å². The molecule has 2 rings (SSSR count). The number of aromatic nitrogens is 2. The first kappa shape index (κ1) is 11.5. The second-order valence-corrected chi connectivity index (χ2v) is 5.80. The first-order chi connectivity index (χ1) is 7.30. The molecule has 0 saturated carbocycles. The molecule has 0 aliphatic carbocycles. The van der Waals surface area contributed by atoms with E-state index in [1.165, 1.54) is 0 Å². The Kier molecular flexibility index (Phi) is 2.53. The zero-order valence-electron chi connectivity index (χ0n) is 9.83. The molecule has 16 heavy (non-hydrogen) atoms. The van der Waals surface area contributed by atoms with Crippen LogP contribution in [0.3, 0.4) is 0 Å². The van der Waals surface area contributed by atoms with Gasteiger partial charge in [-0.15, -0.1) is 0 Å². The van der Waals surface area contributed by atoms with E-state index in [0.717, 1.165) is 5.71 Å². The summed E-state index contributed by atoms with van der Waals surface area (Å²) < 4.78 is 2.14. The van der Waals surface area contributed by atoms with Crippen molar-refractivity contribution in [1.82, 2.24) is 9.55 Å². The Morgan fingerprint density at radius 3 is 2.56 bits per heavy atom. The number of fused-ring (bicyclic) bond motifs is 1. The fourth-order valence-electron chi connectivity index (χ4n) is 1.56. The van der Waals surface area contributed by atoms with Crippen molar-refractivity contribution in [2.45, 2.75) is 34.2 Å². The fourth-order valence-corrected chi connectivity index (χ4v) is 1.86. The molecule has 4 nitrogen and oxygen atoms in total. The van der Waals surface area contributed by atoms with Crippen LogP contribution in [0.2, 0.25) is 0 Å². The quantitative estimate of drug-likeness (QED) is 0.734. The highest BCUT2D eigenvalue weighted by Gasteiger charge is 2.27. The maximum absolute atomic E-state index is 12.0. The van der Waals surface area contributed by atoms with Crippen LogP contribution in [-0.4, -0.2) is 15.3 Å². The van der Waals surface area contributed by atoms with E-state index in [1.807, 2.05) is 0 Å². The molecule has 0 spiro atoms. The molecule has 1 aliphatic heterocycles. The predicted octanol–water partition coefficient (Wildman–Crippen LogP) is 2.45. The first-order valence-electron chi connectivity index (χ1n) is 5.15. The Balaban J connectivity index is 2.57. The Labute approximate surface area is 103 Å². The lowest BCUT2D eigenvalue weighted by atomic mass is 9.90. The molecule has 0 bridgehead atoms. The molecule has 0 atom stereocenters. The van der Waals surface area contributed by atoms with Crippen LogP contribution in [0.5, 0.6) is 0 Å². The third-order valence-electron chi connectivity index (χ3n) is 2.67. The highest BCUT2D eigenvalue weighted by atomic mass is 79.9. The van der Waals surface area contributed by atoms with Crippen LogP contribution in [0.4, 0.5) is 5.95 Å². The van der Waals surface area contributed by atoms with Crippen LogP contribution in [0, 0.1) is 12.3 Å². The molecule has 0 amide bonds. The summed E-state index contributed by atoms with van der Waals surface area (Å²) in [4.78, 5) is 20.7. The summed E-state index contributed by atoms with van der Waals surface area (Å²) in [5, 5.41) is 0. The number of halogens is 1. The molecular weight excluding hydrogens is 270 g/mol. The van der Waals surface area contributed by atoms with Crippen molar-refractivity contribution in [3.63, 3.8) is 0 Å². The minimum atomic E-state index is -0.0505. The Bertz CT molecular complexity index is 537. The van der Waals surface area contributed by atoms with Gasteiger partial charge in [0.1, 0.15) is 4.47 Å². The Hall–Kier alpha value is -0.970. The van der Waals surface area contributed by atoms with E-state index >= 15 is 0 Å². The molecule has 2 heterocycles. The maximum Gasteiger partial charge on any atom is 0.269 e. The van der Waals surface area contributed by atoms with E-state index in [0.29, 0.717) is 22.7 Å². The molecule has 0 N–H and O–H groups in total. The van der Waals surface area contributed by atoms with E-state index in [4.69, 9.17) is 0 Å². The van der Waals surface area contributed by atoms with E-state index in [1.54, 1.807) is 11.5 Å². The number of aliphatic imine (C=N–C) groups is 1. The summed E-state index contributed by atoms with van der Waals surface area (Å²) in [6.45, 7) is 8.61. The van der Waals surface area contributed by atoms with Gasteiger partial charge in [-0.2, -0.15) is 0 Å². The third kappa shape index (κ3) is 1.73. The molecule has 1 aromatic rings. The number of rotatable bonds is 0. The average molecular weight is 284 g/mol. The lowest BCUT2D eigenvalue weighted by Gasteiger charge is -2.17. The molecule has 0 unspecified atom stereocenters. The normalized spacial score (nSPS) is 14.9. The average Bonchev–Trinajstić information content (AvgIpc) is 2.57. The molecule has 5 heteroatoms. The Morgan fingerprint density at radius 2 is 2.00 bits per heavy atom. The van der Waals surface area contributed by atoms with Gasteiger partial charge in [-0.3, -0.25) is 9.36 Å². The highest BCUT2D eigenvalue weighted by Crippen LogP contribution is 2.26. The third-order valence-corrected chi connectivity index (χ3v) is 3.58. The molecule has 1 aromatic heterocycles. The summed E-state index contributed by atoms with van der Waals surface area (Å²) in [5.74, 6) is 0.524. The number of aryl methyl sites for hydroxylation is 1. The summed E-state index contributed by atoms with van der Waals surface area (Å²) >= 11 is 3.26. The predicted molar refractivity (Wildman–Crippen MR) is 67.5 cm³/mol. The summed E-state index contributed by atoms with van der Waals surface area (Å²) in [6, 6.07) is 0. The van der Waals surface area contributed by atoms with E-state index < -0.39 is 0 Å². The topological polar surface area (TPSA) is 47.2 Å². The minimum Gasteiger partial charge on any atom is -0.270 e. The van der Waals surface area contributed by atoms with Gasteiger partial charge in [-0.25, -0.2) is 9.98 Å². The van der Waals surface area contributed by atoms with Crippen molar-refractivity contribution in [3.05, 3.63) is 20.5 Å². The lowest BCUT2D eigenvalue weighted by molar-refractivity contribution is 0.574. The van der Waals surface area contributed by atoms with Gasteiger partial charge in [0.25, 0.3) is 5.56 Å². The smallest absolute Gasteiger partial charge is 0.269 e. The van der Waals surface area contributed by atoms with Gasteiger partial charge in [0.05, 0.1) is 12.2 Å². The lowest BCUT2D eigenvalue weighted by Crippen LogP contribution is -2.27. The van der Waals surface area contributed by atoms with Gasteiger partial charge in [-0.1, -0.05) is 20.8 Å². The van der Waals surface area contributed by atoms with Crippen molar-refractivity contribution in [1.29, 1.82) is 0 Å². The summed E-state index contributed by atoms with van der Waals surface area (Å²) in [6.07, 6.45) is 0. The second-order valence-electron chi connectivity index (χ2n) is 5.01. The van der Waals surface area contributed by atoms with Gasteiger partial charge in [0.15, 0.2) is 0 Å². The molecule has 0 radical (unpaired) electrons. The van der Waals surface area contributed by atoms with Crippen molar-refractivity contribution in [2.75, 3.05) is 0 Å². The van der Waals surface area contributed by atoms with Crippen molar-refractivity contribution >= 4 is 27.6 Å². The molecular formula is C11H14BrN3O. The van der Waals surface area contributed by atoms with E-state index in [2.05, 4.69) is 46.7 Å². The SMILES string of the molecule is Cc1nc2n(c(=O)c1Br)CC(C(C)(C)C)=N2. The molecule has 86 valence electrons. The molecule has 0 saturated heterocycles. The van der Waals surface area contributed by atoms with Crippen LogP contribution < -0.4 is 5.56 Å². The van der Waals surface area contributed by atoms with Gasteiger partial charge >= 0.3 is 0 Å². The highest BCUT2D eigenvalue weighted by molar-refractivity contribution is 9.10. The van der Waals surface area contributed by atoms with Gasteiger partial charge < -0.3 is 0 Å². The van der Waals surface area contributed by atoms with Crippen LogP contribution in [-0.2, 0) is 6.54 Å². The van der Waals surface area contributed by atoms with Crippen LogP contribution in [0.25, 0.3) is 0 Å².